The van der Waals surface area contributed by atoms with Gasteiger partial charge < -0.3 is 0 Å². The number of nitrogens with zero attached hydrogens (tertiary/aromatic N) is 1. The summed E-state index contributed by atoms with van der Waals surface area (Å²) in [6, 6.07) is 0. The first kappa shape index (κ1) is 16.9. The molecule has 0 aromatic heterocycles. The summed E-state index contributed by atoms with van der Waals surface area (Å²) in [6.45, 7) is -9.74. The number of hydrogen-bond acceptors (Lipinski definition) is 1. The zero-order valence-electron chi connectivity index (χ0n) is 6.93. The molecule has 0 aromatic carbocycles. The van der Waals surface area contributed by atoms with Crippen LogP contribution in [-0.2, 0) is 0 Å². The summed E-state index contributed by atoms with van der Waals surface area (Å²) in [4.78, 5) is 0. The van der Waals surface area contributed by atoms with Gasteiger partial charge in [-0.25, -0.2) is 0 Å². The van der Waals surface area contributed by atoms with Gasteiger partial charge in [0.25, 0.3) is 0 Å². The van der Waals surface area contributed by atoms with Crippen molar-refractivity contribution in [1.82, 2.24) is 4.67 Å². The molecule has 0 saturated heterocycles. The quantitative estimate of drug-likeness (QED) is 0.362. The van der Waals surface area contributed by atoms with E-state index in [4.69, 9.17) is 0 Å². The van der Waals surface area contributed by atoms with E-state index in [1.54, 1.807) is 0 Å². The molecule has 0 heterocycles. The fraction of sp³-hybridized carbons (Fsp3) is 1.00. The third kappa shape index (κ3) is 3.02. The van der Waals surface area contributed by atoms with Crippen molar-refractivity contribution in [3.05, 3.63) is 0 Å². The summed E-state index contributed by atoms with van der Waals surface area (Å²) in [5.74, 6) is -7.18. The molecular formula is C3ClF11NP. The Morgan fingerprint density at radius 3 is 1.00 bits per heavy atom. The van der Waals surface area contributed by atoms with Gasteiger partial charge in [-0.3, -0.25) is 0 Å². The first-order valence-corrected chi connectivity index (χ1v) is 5.95. The first-order chi connectivity index (χ1) is 6.90. The summed E-state index contributed by atoms with van der Waals surface area (Å²) >= 11 is 3.36. The SMILES string of the molecule is FC(F)(F)N(C(F)(F)F)P(F)(F)(Cl)C(F)(F)F. The van der Waals surface area contributed by atoms with Gasteiger partial charge in [0.1, 0.15) is 0 Å². The molecule has 0 aliphatic rings. The van der Waals surface area contributed by atoms with Gasteiger partial charge in [-0.15, -0.1) is 0 Å². The average molecular weight is 325 g/mol. The maximum atomic E-state index is 12.5. The van der Waals surface area contributed by atoms with Crippen LogP contribution in [0.3, 0.4) is 0 Å². The minimum atomic E-state index is -9.74. The second kappa shape index (κ2) is 3.70. The molecule has 0 bridgehead atoms. The van der Waals surface area contributed by atoms with Crippen LogP contribution in [-0.4, -0.2) is 23.2 Å². The predicted octanol–water partition coefficient (Wildman–Crippen LogP) is 5.24. The molecular weight excluding hydrogens is 325 g/mol. The van der Waals surface area contributed by atoms with Gasteiger partial charge >= 0.3 is 89.1 Å². The Labute approximate surface area is 90.1 Å². The Balaban J connectivity index is 6.00. The molecule has 0 aromatic rings. The first-order valence-electron chi connectivity index (χ1n) is 3.08. The van der Waals surface area contributed by atoms with Crippen LogP contribution in [0.1, 0.15) is 0 Å². The molecule has 17 heavy (non-hydrogen) atoms. The van der Waals surface area contributed by atoms with Crippen LogP contribution in [0.4, 0.5) is 47.9 Å². The minimum absolute atomic E-state index is 3.36. The Morgan fingerprint density at radius 2 is 0.941 bits per heavy atom. The van der Waals surface area contributed by atoms with Crippen LogP contribution in [0, 0.1) is 0 Å². The Bertz CT molecular complexity index is 277. The van der Waals surface area contributed by atoms with E-state index in [2.05, 4.69) is 11.2 Å². The van der Waals surface area contributed by atoms with Gasteiger partial charge in [0.15, 0.2) is 0 Å². The zero-order chi connectivity index (χ0) is 14.5. The van der Waals surface area contributed by atoms with Crippen LogP contribution < -0.4 is 0 Å². The van der Waals surface area contributed by atoms with Crippen molar-refractivity contribution in [2.45, 2.75) is 18.5 Å². The van der Waals surface area contributed by atoms with Crippen molar-refractivity contribution in [2.24, 2.45) is 0 Å². The van der Waals surface area contributed by atoms with Gasteiger partial charge in [0, 0.05) is 0 Å². The van der Waals surface area contributed by atoms with Crippen molar-refractivity contribution >= 4 is 18.0 Å². The zero-order valence-corrected chi connectivity index (χ0v) is 8.58. The Kier molecular flexibility index (Phi) is 3.68. The van der Waals surface area contributed by atoms with Crippen molar-refractivity contribution < 1.29 is 47.9 Å². The van der Waals surface area contributed by atoms with E-state index in [1.165, 1.54) is 0 Å². The van der Waals surface area contributed by atoms with E-state index >= 15 is 0 Å². The molecule has 0 saturated carbocycles. The van der Waals surface area contributed by atoms with E-state index in [-0.39, 0.29) is 0 Å². The predicted molar refractivity (Wildman–Crippen MR) is 35.0 cm³/mol. The third-order valence-corrected chi connectivity index (χ3v) is 4.15. The number of alkyl halides is 9. The summed E-state index contributed by atoms with van der Waals surface area (Å²) in [7, 11) is 0. The molecule has 0 radical (unpaired) electrons. The van der Waals surface area contributed by atoms with E-state index in [9.17, 15) is 47.9 Å². The molecule has 0 unspecified atom stereocenters. The van der Waals surface area contributed by atoms with Crippen LogP contribution in [0.2, 0.25) is 0 Å². The molecule has 0 aliphatic carbocycles. The van der Waals surface area contributed by atoms with Crippen molar-refractivity contribution in [3.8, 4) is 0 Å². The van der Waals surface area contributed by atoms with E-state index in [1.807, 2.05) is 0 Å². The average Bonchev–Trinajstić information content (AvgIpc) is 1.69. The van der Waals surface area contributed by atoms with Gasteiger partial charge in [-0.1, -0.05) is 0 Å². The van der Waals surface area contributed by atoms with Crippen LogP contribution in [0.25, 0.3) is 0 Å². The maximum absolute atomic E-state index is 12.5. The Hall–Kier alpha value is -0.0900. The van der Waals surface area contributed by atoms with Crippen molar-refractivity contribution in [2.75, 3.05) is 0 Å². The van der Waals surface area contributed by atoms with Crippen molar-refractivity contribution in [3.63, 3.8) is 0 Å². The molecule has 0 N–H and O–H groups in total. The normalized spacial score (nSPS) is 18.1. The number of halogens is 12. The topological polar surface area (TPSA) is 3.24 Å². The molecule has 0 aliphatic heterocycles. The summed E-state index contributed by atoms with van der Waals surface area (Å²) in [6.07, 6.45) is -14.1. The van der Waals surface area contributed by atoms with Crippen LogP contribution >= 0.6 is 18.0 Å². The number of rotatable bonds is 1. The second-order valence-electron chi connectivity index (χ2n) is 2.49. The molecule has 0 amide bonds. The molecule has 1 nitrogen and oxygen atoms in total. The van der Waals surface area contributed by atoms with Gasteiger partial charge in [-0.2, -0.15) is 0 Å². The summed E-state index contributed by atoms with van der Waals surface area (Å²) in [5.41, 5.74) is 0. The standard InChI is InChI=1S/C3ClF11NP/c4-17(14,15,3(11,12)13)16(1(5,6)7)2(8,9)10. The van der Waals surface area contributed by atoms with E-state index < -0.39 is 29.9 Å². The third-order valence-electron chi connectivity index (χ3n) is 1.21. The molecule has 106 valence electrons. The molecule has 0 atom stereocenters. The molecule has 0 rings (SSSR count). The van der Waals surface area contributed by atoms with E-state index in [0.717, 1.165) is 0 Å². The van der Waals surface area contributed by atoms with Gasteiger partial charge in [-0.05, 0) is 0 Å². The molecule has 0 spiro atoms. The fourth-order valence-electron chi connectivity index (χ4n) is 0.628. The summed E-state index contributed by atoms with van der Waals surface area (Å²) in [5, 5.41) is 0. The van der Waals surface area contributed by atoms with E-state index in [0.29, 0.717) is 0 Å². The monoisotopic (exact) mass is 325 g/mol. The second-order valence-corrected chi connectivity index (χ2v) is 6.67. The van der Waals surface area contributed by atoms with Crippen LogP contribution in [0.15, 0.2) is 0 Å². The molecule has 14 heteroatoms. The Morgan fingerprint density at radius 1 is 0.706 bits per heavy atom. The van der Waals surface area contributed by atoms with Crippen LogP contribution in [0.5, 0.6) is 0 Å². The van der Waals surface area contributed by atoms with Gasteiger partial charge in [0.2, 0.25) is 0 Å². The molecule has 0 fully saturated rings. The number of hydrogen-bond donors (Lipinski definition) is 0. The fourth-order valence-corrected chi connectivity index (χ4v) is 2.11. The van der Waals surface area contributed by atoms with Gasteiger partial charge in [0.05, 0.1) is 0 Å². The van der Waals surface area contributed by atoms with Crippen molar-refractivity contribution in [1.29, 1.82) is 0 Å². The summed E-state index contributed by atoms with van der Waals surface area (Å²) < 4.78 is 126.